The highest BCUT2D eigenvalue weighted by molar-refractivity contribution is 5.14. The van der Waals surface area contributed by atoms with Crippen LogP contribution in [-0.4, -0.2) is 10.1 Å². The molecule has 0 radical (unpaired) electrons. The second kappa shape index (κ2) is 4.33. The Labute approximate surface area is 83.1 Å². The summed E-state index contributed by atoms with van der Waals surface area (Å²) in [5, 5.41) is 10.1. The van der Waals surface area contributed by atoms with Crippen LogP contribution in [0.4, 0.5) is 4.39 Å². The Morgan fingerprint density at radius 3 is 2.79 bits per heavy atom. The van der Waals surface area contributed by atoms with Crippen LogP contribution in [0.15, 0.2) is 31.0 Å². The van der Waals surface area contributed by atoms with Crippen LogP contribution in [0, 0.1) is 5.82 Å². The Morgan fingerprint density at radius 1 is 1.64 bits per heavy atom. The minimum absolute atomic E-state index is 0.397. The van der Waals surface area contributed by atoms with Crippen molar-refractivity contribution in [3.63, 3.8) is 0 Å². The summed E-state index contributed by atoms with van der Waals surface area (Å²) in [6.07, 6.45) is 3.69. The lowest BCUT2D eigenvalue weighted by molar-refractivity contribution is 0.0311. The molecule has 76 valence electrons. The number of pyridine rings is 1. The van der Waals surface area contributed by atoms with Crippen LogP contribution in [0.25, 0.3) is 0 Å². The molecule has 0 aliphatic heterocycles. The van der Waals surface area contributed by atoms with Crippen molar-refractivity contribution in [3.8, 4) is 0 Å². The average Bonchev–Trinajstić information content (AvgIpc) is 2.19. The molecule has 0 aromatic carbocycles. The van der Waals surface area contributed by atoms with Crippen molar-refractivity contribution < 1.29 is 9.50 Å². The van der Waals surface area contributed by atoms with Crippen LogP contribution in [0.1, 0.15) is 25.5 Å². The van der Waals surface area contributed by atoms with Gasteiger partial charge in [0.1, 0.15) is 11.4 Å². The fourth-order valence-corrected chi connectivity index (χ4v) is 1.32. The number of aromatic nitrogens is 1. The second-order valence-corrected chi connectivity index (χ2v) is 3.24. The highest BCUT2D eigenvalue weighted by Gasteiger charge is 2.26. The molecule has 1 N–H and O–H groups in total. The largest absolute Gasteiger partial charge is 0.383 e. The Balaban J connectivity index is 2.99. The molecule has 3 heteroatoms. The molecule has 0 spiro atoms. The number of aliphatic hydroxyl groups is 1. The summed E-state index contributed by atoms with van der Waals surface area (Å²) in [4.78, 5) is 3.87. The van der Waals surface area contributed by atoms with Gasteiger partial charge in [0.15, 0.2) is 0 Å². The molecule has 0 aliphatic rings. The first kappa shape index (κ1) is 10.9. The molecule has 1 unspecified atom stereocenters. The normalized spacial score (nSPS) is 14.8. The van der Waals surface area contributed by atoms with Crippen molar-refractivity contribution >= 4 is 0 Å². The molecule has 1 aromatic heterocycles. The van der Waals surface area contributed by atoms with Crippen LogP contribution >= 0.6 is 0 Å². The van der Waals surface area contributed by atoms with Gasteiger partial charge in [-0.05, 0) is 25.0 Å². The maximum atomic E-state index is 12.6. The highest BCUT2D eigenvalue weighted by atomic mass is 19.1. The summed E-state index contributed by atoms with van der Waals surface area (Å²) >= 11 is 0. The molecule has 1 heterocycles. The minimum atomic E-state index is -1.02. The number of nitrogens with zero attached hydrogens (tertiary/aromatic N) is 1. The quantitative estimate of drug-likeness (QED) is 0.748. The fraction of sp³-hybridized carbons (Fsp3) is 0.364. The fourth-order valence-electron chi connectivity index (χ4n) is 1.32. The van der Waals surface area contributed by atoms with Gasteiger partial charge in [-0.2, -0.15) is 0 Å². The molecule has 0 saturated heterocycles. The van der Waals surface area contributed by atoms with Crippen LogP contribution < -0.4 is 0 Å². The van der Waals surface area contributed by atoms with E-state index >= 15 is 0 Å². The van der Waals surface area contributed by atoms with E-state index in [9.17, 15) is 9.50 Å². The van der Waals surface area contributed by atoms with Crippen molar-refractivity contribution in [3.05, 3.63) is 42.5 Å². The lowest BCUT2D eigenvalue weighted by atomic mass is 9.92. The van der Waals surface area contributed by atoms with E-state index in [0.717, 1.165) is 6.20 Å². The maximum absolute atomic E-state index is 12.6. The van der Waals surface area contributed by atoms with E-state index in [0.29, 0.717) is 18.5 Å². The average molecular weight is 195 g/mol. The molecule has 0 aliphatic carbocycles. The van der Waals surface area contributed by atoms with E-state index in [1.54, 1.807) is 6.08 Å². The number of hydrogen-bond donors (Lipinski definition) is 1. The molecule has 0 fully saturated rings. The molecule has 0 amide bonds. The van der Waals surface area contributed by atoms with Gasteiger partial charge in [0.05, 0.1) is 11.9 Å². The van der Waals surface area contributed by atoms with Crippen molar-refractivity contribution in [2.45, 2.75) is 25.4 Å². The number of rotatable bonds is 4. The van der Waals surface area contributed by atoms with Crippen molar-refractivity contribution in [1.82, 2.24) is 4.98 Å². The second-order valence-electron chi connectivity index (χ2n) is 3.24. The number of halogens is 1. The molecule has 14 heavy (non-hydrogen) atoms. The Morgan fingerprint density at radius 2 is 2.36 bits per heavy atom. The summed E-state index contributed by atoms with van der Waals surface area (Å²) in [6, 6.07) is 2.80. The molecular weight excluding hydrogens is 181 g/mol. The van der Waals surface area contributed by atoms with Crippen molar-refractivity contribution in [2.75, 3.05) is 0 Å². The number of hydrogen-bond acceptors (Lipinski definition) is 2. The third-order valence-electron chi connectivity index (χ3n) is 2.27. The van der Waals surface area contributed by atoms with Crippen LogP contribution in [0.3, 0.4) is 0 Å². The van der Waals surface area contributed by atoms with Gasteiger partial charge in [-0.25, -0.2) is 4.39 Å². The Kier molecular flexibility index (Phi) is 3.36. The van der Waals surface area contributed by atoms with Gasteiger partial charge in [-0.15, -0.1) is 6.58 Å². The van der Waals surface area contributed by atoms with Crippen LogP contribution in [0.2, 0.25) is 0 Å². The van der Waals surface area contributed by atoms with E-state index in [2.05, 4.69) is 11.6 Å². The molecule has 0 saturated carbocycles. The maximum Gasteiger partial charge on any atom is 0.141 e. The van der Waals surface area contributed by atoms with Crippen molar-refractivity contribution in [2.24, 2.45) is 0 Å². The predicted molar refractivity (Wildman–Crippen MR) is 53.2 cm³/mol. The van der Waals surface area contributed by atoms with E-state index < -0.39 is 11.4 Å². The van der Waals surface area contributed by atoms with Crippen LogP contribution in [-0.2, 0) is 5.60 Å². The first-order chi connectivity index (χ1) is 6.62. The van der Waals surface area contributed by atoms with Gasteiger partial charge in [-0.3, -0.25) is 4.98 Å². The third-order valence-corrected chi connectivity index (χ3v) is 2.27. The molecule has 0 bridgehead atoms. The van der Waals surface area contributed by atoms with Crippen molar-refractivity contribution in [1.29, 1.82) is 0 Å². The predicted octanol–water partition coefficient (Wildman–Crippen LogP) is 2.39. The standard InChI is InChI=1S/C11H14FNO/c1-3-7-11(14,4-2)10-6-5-9(12)8-13-10/h3,5-6,8,14H,1,4,7H2,2H3. The zero-order valence-electron chi connectivity index (χ0n) is 8.20. The minimum Gasteiger partial charge on any atom is -0.383 e. The highest BCUT2D eigenvalue weighted by Crippen LogP contribution is 2.27. The summed E-state index contributed by atoms with van der Waals surface area (Å²) in [6.45, 7) is 5.43. The third kappa shape index (κ3) is 2.17. The summed E-state index contributed by atoms with van der Waals surface area (Å²) < 4.78 is 12.6. The van der Waals surface area contributed by atoms with Gasteiger partial charge >= 0.3 is 0 Å². The smallest absolute Gasteiger partial charge is 0.141 e. The summed E-state index contributed by atoms with van der Waals surface area (Å²) in [5.74, 6) is -0.397. The van der Waals surface area contributed by atoms with Gasteiger partial charge < -0.3 is 5.11 Å². The van der Waals surface area contributed by atoms with Gasteiger partial charge in [0, 0.05) is 0 Å². The zero-order chi connectivity index (χ0) is 10.6. The van der Waals surface area contributed by atoms with Gasteiger partial charge in [0.25, 0.3) is 0 Å². The van der Waals surface area contributed by atoms with E-state index in [1.807, 2.05) is 6.92 Å². The zero-order valence-corrected chi connectivity index (χ0v) is 8.20. The van der Waals surface area contributed by atoms with Gasteiger partial charge in [0.2, 0.25) is 0 Å². The van der Waals surface area contributed by atoms with Crippen LogP contribution in [0.5, 0.6) is 0 Å². The summed E-state index contributed by atoms with van der Waals surface area (Å²) in [5.41, 5.74) is -0.531. The lowest BCUT2D eigenvalue weighted by Gasteiger charge is -2.24. The summed E-state index contributed by atoms with van der Waals surface area (Å²) in [7, 11) is 0. The SMILES string of the molecule is C=CCC(O)(CC)c1ccc(F)cn1. The monoisotopic (exact) mass is 195 g/mol. The first-order valence-corrected chi connectivity index (χ1v) is 4.57. The topological polar surface area (TPSA) is 33.1 Å². The van der Waals surface area contributed by atoms with E-state index in [4.69, 9.17) is 0 Å². The van der Waals surface area contributed by atoms with Gasteiger partial charge in [-0.1, -0.05) is 13.0 Å². The lowest BCUT2D eigenvalue weighted by Crippen LogP contribution is -2.25. The molecular formula is C11H14FNO. The molecule has 1 atom stereocenters. The molecule has 1 aromatic rings. The van der Waals surface area contributed by atoms with E-state index in [1.165, 1.54) is 12.1 Å². The first-order valence-electron chi connectivity index (χ1n) is 4.57. The Bertz CT molecular complexity index is 310. The molecule has 2 nitrogen and oxygen atoms in total. The Hall–Kier alpha value is -1.22. The van der Waals surface area contributed by atoms with E-state index in [-0.39, 0.29) is 0 Å². The molecule has 1 rings (SSSR count).